The van der Waals surface area contributed by atoms with Gasteiger partial charge in [-0.05, 0) is 44.5 Å². The minimum atomic E-state index is -0.244. The lowest BCUT2D eigenvalue weighted by atomic mass is 10.2. The molecule has 7 nitrogen and oxygen atoms in total. The predicted octanol–water partition coefficient (Wildman–Crippen LogP) is 3.39. The Balaban J connectivity index is 1.55. The minimum Gasteiger partial charge on any atom is -0.322 e. The number of fused-ring (bicyclic) bond motifs is 1. The first kappa shape index (κ1) is 17.2. The van der Waals surface area contributed by atoms with Crippen molar-refractivity contribution in [2.24, 2.45) is 0 Å². The van der Waals surface area contributed by atoms with Gasteiger partial charge in [-0.2, -0.15) is 5.10 Å². The Morgan fingerprint density at radius 2 is 2.07 bits per heavy atom. The number of benzene rings is 1. The quantitative estimate of drug-likeness (QED) is 0.770. The highest BCUT2D eigenvalue weighted by molar-refractivity contribution is 6.06. The molecule has 1 saturated heterocycles. The van der Waals surface area contributed by atoms with Gasteiger partial charge in [-0.3, -0.25) is 9.59 Å². The third kappa shape index (κ3) is 3.28. The molecule has 1 N–H and O–H groups in total. The molecule has 0 unspecified atom stereocenters. The Kier molecular flexibility index (Phi) is 4.35. The highest BCUT2D eigenvalue weighted by atomic mass is 16.2. The number of hydrogen-bond acceptors (Lipinski definition) is 4. The topological polar surface area (TPSA) is 80.1 Å². The van der Waals surface area contributed by atoms with Crippen molar-refractivity contribution in [1.82, 2.24) is 14.8 Å². The summed E-state index contributed by atoms with van der Waals surface area (Å²) in [6.07, 6.45) is 4.72. The number of carbonyl (C=O) groups is 2. The van der Waals surface area contributed by atoms with Crippen molar-refractivity contribution in [3.8, 4) is 0 Å². The molecule has 1 fully saturated rings. The summed E-state index contributed by atoms with van der Waals surface area (Å²) in [5, 5.41) is 8.04. The Hall–Kier alpha value is -3.22. The third-order valence-electron chi connectivity index (χ3n) is 4.67. The predicted molar refractivity (Wildman–Crippen MR) is 104 cm³/mol. The normalized spacial score (nSPS) is 14.3. The second-order valence-corrected chi connectivity index (χ2v) is 6.97. The van der Waals surface area contributed by atoms with Crippen LogP contribution in [0.15, 0.2) is 42.7 Å². The summed E-state index contributed by atoms with van der Waals surface area (Å²) in [6.45, 7) is 4.79. The number of pyridine rings is 1. The molecule has 0 aliphatic carbocycles. The van der Waals surface area contributed by atoms with Gasteiger partial charge >= 0.3 is 0 Å². The highest BCUT2D eigenvalue weighted by Crippen LogP contribution is 2.25. The molecule has 1 aromatic carbocycles. The Morgan fingerprint density at radius 1 is 1.22 bits per heavy atom. The number of amides is 2. The number of nitrogens with one attached hydrogen (secondary N) is 1. The van der Waals surface area contributed by atoms with E-state index < -0.39 is 0 Å². The number of rotatable bonds is 4. The number of anilines is 2. The van der Waals surface area contributed by atoms with E-state index in [-0.39, 0.29) is 17.9 Å². The molecule has 1 aliphatic heterocycles. The van der Waals surface area contributed by atoms with Gasteiger partial charge in [-0.25, -0.2) is 9.67 Å². The summed E-state index contributed by atoms with van der Waals surface area (Å²) in [6, 6.07) is 9.34. The molecule has 0 spiro atoms. The maximum Gasteiger partial charge on any atom is 0.257 e. The lowest BCUT2D eigenvalue weighted by Gasteiger charge is -2.16. The van der Waals surface area contributed by atoms with Crippen molar-refractivity contribution in [2.45, 2.75) is 32.7 Å². The standard InChI is InChI=1S/C20H21N5O2/c1-13(2)25-19-14(12-22-25)9-15(11-21-19)20(27)23-16-5-3-6-17(10-16)24-8-4-7-18(24)26/h3,5-6,9-13H,4,7-8H2,1-2H3,(H,23,27). The van der Waals surface area contributed by atoms with Crippen molar-refractivity contribution in [3.05, 3.63) is 48.3 Å². The lowest BCUT2D eigenvalue weighted by Crippen LogP contribution is -2.23. The zero-order chi connectivity index (χ0) is 19.0. The fourth-order valence-corrected chi connectivity index (χ4v) is 3.32. The molecule has 0 saturated carbocycles. The molecule has 3 heterocycles. The van der Waals surface area contributed by atoms with Gasteiger partial charge in [0, 0.05) is 42.0 Å². The first-order chi connectivity index (χ1) is 13.0. The summed E-state index contributed by atoms with van der Waals surface area (Å²) in [4.78, 5) is 30.7. The van der Waals surface area contributed by atoms with Gasteiger partial charge in [0.2, 0.25) is 5.91 Å². The molecule has 138 valence electrons. The van der Waals surface area contributed by atoms with Crippen LogP contribution in [-0.4, -0.2) is 33.1 Å². The van der Waals surface area contributed by atoms with Gasteiger partial charge < -0.3 is 10.2 Å². The zero-order valence-electron chi connectivity index (χ0n) is 15.3. The van der Waals surface area contributed by atoms with Crippen LogP contribution < -0.4 is 10.2 Å². The van der Waals surface area contributed by atoms with Crippen LogP contribution in [0.1, 0.15) is 43.1 Å². The molecule has 3 aromatic rings. The SMILES string of the molecule is CC(C)n1ncc2cc(C(=O)Nc3cccc(N4CCCC4=O)c3)cnc21. The third-order valence-corrected chi connectivity index (χ3v) is 4.67. The molecule has 2 amide bonds. The molecule has 7 heteroatoms. The van der Waals surface area contributed by atoms with Crippen LogP contribution in [0.25, 0.3) is 11.0 Å². The maximum atomic E-state index is 12.6. The first-order valence-corrected chi connectivity index (χ1v) is 9.08. The van der Waals surface area contributed by atoms with E-state index in [0.29, 0.717) is 17.7 Å². The van der Waals surface area contributed by atoms with Crippen molar-refractivity contribution >= 4 is 34.2 Å². The van der Waals surface area contributed by atoms with Gasteiger partial charge in [0.05, 0.1) is 11.8 Å². The van der Waals surface area contributed by atoms with Crippen molar-refractivity contribution < 1.29 is 9.59 Å². The van der Waals surface area contributed by atoms with Gasteiger partial charge in [0.25, 0.3) is 5.91 Å². The number of carbonyl (C=O) groups excluding carboxylic acids is 2. The van der Waals surface area contributed by atoms with E-state index in [4.69, 9.17) is 0 Å². The molecule has 4 rings (SSSR count). The molecular formula is C20H21N5O2. The average molecular weight is 363 g/mol. The number of hydrogen-bond donors (Lipinski definition) is 1. The van der Waals surface area contributed by atoms with E-state index in [2.05, 4.69) is 15.4 Å². The summed E-state index contributed by atoms with van der Waals surface area (Å²) >= 11 is 0. The average Bonchev–Trinajstić information content (AvgIpc) is 3.27. The van der Waals surface area contributed by atoms with E-state index in [1.165, 1.54) is 0 Å². The fraction of sp³-hybridized carbons (Fsp3) is 0.300. The number of nitrogens with zero attached hydrogens (tertiary/aromatic N) is 4. The molecule has 0 atom stereocenters. The summed E-state index contributed by atoms with van der Waals surface area (Å²) in [5.74, 6) is -0.123. The fourth-order valence-electron chi connectivity index (χ4n) is 3.32. The van der Waals surface area contributed by atoms with E-state index >= 15 is 0 Å². The summed E-state index contributed by atoms with van der Waals surface area (Å²) < 4.78 is 1.83. The molecule has 0 bridgehead atoms. The first-order valence-electron chi connectivity index (χ1n) is 9.08. The second kappa shape index (κ2) is 6.83. The van der Waals surface area contributed by atoms with Crippen LogP contribution in [-0.2, 0) is 4.79 Å². The second-order valence-electron chi connectivity index (χ2n) is 6.97. The summed E-state index contributed by atoms with van der Waals surface area (Å²) in [7, 11) is 0. The zero-order valence-corrected chi connectivity index (χ0v) is 15.3. The van der Waals surface area contributed by atoms with E-state index in [1.807, 2.05) is 42.8 Å². The molecule has 1 aliphatic rings. The molecular weight excluding hydrogens is 342 g/mol. The number of aromatic nitrogens is 3. The van der Waals surface area contributed by atoms with Gasteiger partial charge in [0.15, 0.2) is 5.65 Å². The Bertz CT molecular complexity index is 1020. The van der Waals surface area contributed by atoms with Crippen LogP contribution in [0.5, 0.6) is 0 Å². The largest absolute Gasteiger partial charge is 0.322 e. The Morgan fingerprint density at radius 3 is 2.81 bits per heavy atom. The van der Waals surface area contributed by atoms with E-state index in [9.17, 15) is 9.59 Å². The maximum absolute atomic E-state index is 12.6. The highest BCUT2D eigenvalue weighted by Gasteiger charge is 2.22. The van der Waals surface area contributed by atoms with Crippen molar-refractivity contribution in [3.63, 3.8) is 0 Å². The lowest BCUT2D eigenvalue weighted by molar-refractivity contribution is -0.117. The van der Waals surface area contributed by atoms with Gasteiger partial charge in [-0.15, -0.1) is 0 Å². The van der Waals surface area contributed by atoms with Gasteiger partial charge in [-0.1, -0.05) is 6.07 Å². The van der Waals surface area contributed by atoms with Crippen molar-refractivity contribution in [1.29, 1.82) is 0 Å². The molecule has 2 aromatic heterocycles. The van der Waals surface area contributed by atoms with Crippen LogP contribution >= 0.6 is 0 Å². The minimum absolute atomic E-state index is 0.121. The van der Waals surface area contributed by atoms with Crippen LogP contribution in [0, 0.1) is 0 Å². The van der Waals surface area contributed by atoms with Crippen LogP contribution in [0.3, 0.4) is 0 Å². The van der Waals surface area contributed by atoms with E-state index in [0.717, 1.165) is 29.7 Å². The van der Waals surface area contributed by atoms with Crippen molar-refractivity contribution in [2.75, 3.05) is 16.8 Å². The summed E-state index contributed by atoms with van der Waals surface area (Å²) in [5.41, 5.74) is 2.68. The Labute approximate surface area is 157 Å². The van der Waals surface area contributed by atoms with E-state index in [1.54, 1.807) is 23.4 Å². The van der Waals surface area contributed by atoms with Crippen LogP contribution in [0.2, 0.25) is 0 Å². The monoisotopic (exact) mass is 363 g/mol. The smallest absolute Gasteiger partial charge is 0.257 e. The molecule has 0 radical (unpaired) electrons. The van der Waals surface area contributed by atoms with Crippen LogP contribution in [0.4, 0.5) is 11.4 Å². The molecule has 27 heavy (non-hydrogen) atoms. The van der Waals surface area contributed by atoms with Gasteiger partial charge in [0.1, 0.15) is 0 Å².